The molecule has 0 unspecified atom stereocenters. The van der Waals surface area contributed by atoms with Crippen LogP contribution in [0.15, 0.2) is 10.7 Å². The first kappa shape index (κ1) is 13.7. The summed E-state index contributed by atoms with van der Waals surface area (Å²) in [6, 6.07) is 1.88. The van der Waals surface area contributed by atoms with Gasteiger partial charge in [0.15, 0.2) is 0 Å². The molecule has 0 spiro atoms. The van der Waals surface area contributed by atoms with Crippen molar-refractivity contribution < 1.29 is 5.11 Å². The Kier molecular flexibility index (Phi) is 4.22. The van der Waals surface area contributed by atoms with Crippen molar-refractivity contribution in [1.29, 1.82) is 0 Å². The number of aliphatic hydroxyl groups excluding tert-OH is 1. The summed E-state index contributed by atoms with van der Waals surface area (Å²) in [5.41, 5.74) is -0.283. The van der Waals surface area contributed by atoms with E-state index in [1.807, 2.05) is 6.07 Å². The highest BCUT2D eigenvalue weighted by atomic mass is 79.9. The minimum atomic E-state index is -0.283. The summed E-state index contributed by atoms with van der Waals surface area (Å²) in [5.74, 6) is 2.23. The number of anilines is 1. The Morgan fingerprint density at radius 3 is 2.56 bits per heavy atom. The lowest BCUT2D eigenvalue weighted by Crippen LogP contribution is -2.41. The lowest BCUT2D eigenvalue weighted by molar-refractivity contribution is 0.202. The molecule has 0 amide bonds. The Hall–Kier alpha value is -0.680. The second kappa shape index (κ2) is 5.53. The van der Waals surface area contributed by atoms with Crippen LogP contribution in [-0.4, -0.2) is 27.2 Å². The summed E-state index contributed by atoms with van der Waals surface area (Å²) < 4.78 is 0.806. The molecular formula is C13H20BrN3O. The number of halogens is 1. The molecule has 0 atom stereocenters. The van der Waals surface area contributed by atoms with E-state index in [0.29, 0.717) is 5.92 Å². The number of hydrogen-bond donors (Lipinski definition) is 2. The van der Waals surface area contributed by atoms with Crippen LogP contribution in [-0.2, 0) is 0 Å². The fourth-order valence-electron chi connectivity index (χ4n) is 1.98. The van der Waals surface area contributed by atoms with Crippen molar-refractivity contribution in [2.45, 2.75) is 51.0 Å². The Morgan fingerprint density at radius 1 is 1.39 bits per heavy atom. The number of nitrogens with one attached hydrogen (secondary N) is 1. The number of nitrogens with zero attached hydrogens (tertiary/aromatic N) is 2. The maximum atomic E-state index is 9.58. The predicted octanol–water partition coefficient (Wildman–Crippen LogP) is 3.08. The maximum absolute atomic E-state index is 9.58. The fraction of sp³-hybridized carbons (Fsp3) is 0.692. The molecule has 0 radical (unpaired) electrons. The van der Waals surface area contributed by atoms with Crippen molar-refractivity contribution in [2.24, 2.45) is 0 Å². The van der Waals surface area contributed by atoms with Crippen LogP contribution < -0.4 is 5.32 Å². The molecule has 1 aromatic heterocycles. The van der Waals surface area contributed by atoms with E-state index in [2.05, 4.69) is 45.1 Å². The van der Waals surface area contributed by atoms with Crippen molar-refractivity contribution in [3.8, 4) is 0 Å². The third-order valence-electron chi connectivity index (χ3n) is 3.70. The summed E-state index contributed by atoms with van der Waals surface area (Å²) in [7, 11) is 0. The Bertz CT molecular complexity index is 408. The summed E-state index contributed by atoms with van der Waals surface area (Å²) in [4.78, 5) is 8.97. The smallest absolute Gasteiger partial charge is 0.135 e. The van der Waals surface area contributed by atoms with Crippen molar-refractivity contribution in [2.75, 3.05) is 11.9 Å². The minimum absolute atomic E-state index is 0.111. The van der Waals surface area contributed by atoms with Crippen LogP contribution in [0.25, 0.3) is 0 Å². The monoisotopic (exact) mass is 313 g/mol. The van der Waals surface area contributed by atoms with Crippen LogP contribution in [0.4, 0.5) is 5.82 Å². The highest BCUT2D eigenvalue weighted by Gasteiger charge is 2.29. The van der Waals surface area contributed by atoms with E-state index in [1.54, 1.807) is 0 Å². The first-order valence-corrected chi connectivity index (χ1v) is 7.35. The topological polar surface area (TPSA) is 58.0 Å². The Morgan fingerprint density at radius 2 is 2.06 bits per heavy atom. The number of hydrogen-bond acceptors (Lipinski definition) is 4. The van der Waals surface area contributed by atoms with Crippen LogP contribution in [0.1, 0.15) is 51.3 Å². The molecule has 0 saturated heterocycles. The van der Waals surface area contributed by atoms with E-state index in [9.17, 15) is 5.11 Å². The van der Waals surface area contributed by atoms with Gasteiger partial charge in [-0.1, -0.05) is 13.8 Å². The van der Waals surface area contributed by atoms with Gasteiger partial charge in [0, 0.05) is 12.0 Å². The van der Waals surface area contributed by atoms with Gasteiger partial charge in [0.05, 0.1) is 12.1 Å². The van der Waals surface area contributed by atoms with Crippen LogP contribution in [0.3, 0.4) is 0 Å². The molecular weight excluding hydrogens is 294 g/mol. The first-order chi connectivity index (χ1) is 8.62. The quantitative estimate of drug-likeness (QED) is 0.792. The van der Waals surface area contributed by atoms with Crippen LogP contribution in [0.5, 0.6) is 0 Å². The lowest BCUT2D eigenvalue weighted by atomic mass is 9.94. The first-order valence-electron chi connectivity index (χ1n) is 6.56. The fourth-order valence-corrected chi connectivity index (χ4v) is 2.38. The van der Waals surface area contributed by atoms with E-state index < -0.39 is 0 Å². The predicted molar refractivity (Wildman–Crippen MR) is 75.7 cm³/mol. The molecule has 1 fully saturated rings. The van der Waals surface area contributed by atoms with E-state index in [4.69, 9.17) is 0 Å². The summed E-state index contributed by atoms with van der Waals surface area (Å²) in [6.07, 6.45) is 4.09. The number of aromatic nitrogens is 2. The molecule has 2 rings (SSSR count). The van der Waals surface area contributed by atoms with Gasteiger partial charge in [-0.25, -0.2) is 9.97 Å². The summed E-state index contributed by atoms with van der Waals surface area (Å²) >= 11 is 3.43. The van der Waals surface area contributed by atoms with Gasteiger partial charge in [-0.15, -0.1) is 0 Å². The zero-order valence-electron chi connectivity index (χ0n) is 10.9. The third-order valence-corrected chi connectivity index (χ3v) is 4.11. The Labute approximate surface area is 116 Å². The molecule has 2 N–H and O–H groups in total. The summed E-state index contributed by atoms with van der Waals surface area (Å²) in [6.45, 7) is 4.26. The second-order valence-electron chi connectivity index (χ2n) is 4.98. The van der Waals surface area contributed by atoms with Gasteiger partial charge in [-0.2, -0.15) is 0 Å². The molecule has 1 aliphatic rings. The molecule has 1 aromatic rings. The molecule has 100 valence electrons. The lowest BCUT2D eigenvalue weighted by Gasteiger charge is -2.31. The molecule has 0 aromatic carbocycles. The zero-order chi connectivity index (χ0) is 13.2. The van der Waals surface area contributed by atoms with E-state index in [-0.39, 0.29) is 12.1 Å². The van der Waals surface area contributed by atoms with Crippen molar-refractivity contribution in [3.63, 3.8) is 0 Å². The number of aliphatic hydroxyl groups is 1. The minimum Gasteiger partial charge on any atom is -0.394 e. The normalized spacial score (nSPS) is 15.8. The molecule has 0 aliphatic heterocycles. The van der Waals surface area contributed by atoms with E-state index >= 15 is 0 Å². The van der Waals surface area contributed by atoms with Gasteiger partial charge >= 0.3 is 0 Å². The van der Waals surface area contributed by atoms with Crippen LogP contribution in [0, 0.1) is 0 Å². The van der Waals surface area contributed by atoms with Crippen molar-refractivity contribution in [3.05, 3.63) is 16.5 Å². The molecule has 1 saturated carbocycles. The van der Waals surface area contributed by atoms with Gasteiger partial charge in [-0.05, 0) is 41.6 Å². The standard InChI is InChI=1S/C13H20BrN3O/c1-3-13(4-2,8-18)17-11-7-10(14)15-12(16-11)9-5-6-9/h7,9,18H,3-6,8H2,1-2H3,(H,15,16,17). The van der Waals surface area contributed by atoms with Gasteiger partial charge in [0.25, 0.3) is 0 Å². The van der Waals surface area contributed by atoms with E-state index in [1.165, 1.54) is 12.8 Å². The molecule has 5 heteroatoms. The number of rotatable bonds is 6. The Balaban J connectivity index is 2.21. The van der Waals surface area contributed by atoms with Crippen LogP contribution in [0.2, 0.25) is 0 Å². The largest absolute Gasteiger partial charge is 0.394 e. The van der Waals surface area contributed by atoms with Crippen molar-refractivity contribution in [1.82, 2.24) is 9.97 Å². The average molecular weight is 314 g/mol. The molecule has 1 heterocycles. The van der Waals surface area contributed by atoms with Crippen molar-refractivity contribution >= 4 is 21.7 Å². The van der Waals surface area contributed by atoms with Gasteiger partial charge in [0.2, 0.25) is 0 Å². The summed E-state index contributed by atoms with van der Waals surface area (Å²) in [5, 5.41) is 13.0. The van der Waals surface area contributed by atoms with Crippen LogP contribution >= 0.6 is 15.9 Å². The zero-order valence-corrected chi connectivity index (χ0v) is 12.5. The highest BCUT2D eigenvalue weighted by molar-refractivity contribution is 9.10. The highest BCUT2D eigenvalue weighted by Crippen LogP contribution is 2.39. The molecule has 0 bridgehead atoms. The third kappa shape index (κ3) is 3.01. The maximum Gasteiger partial charge on any atom is 0.135 e. The van der Waals surface area contributed by atoms with Gasteiger partial charge in [0.1, 0.15) is 16.2 Å². The molecule has 1 aliphatic carbocycles. The SMILES string of the molecule is CCC(CC)(CO)Nc1cc(Br)nc(C2CC2)n1. The van der Waals surface area contributed by atoms with Gasteiger partial charge < -0.3 is 10.4 Å². The molecule has 18 heavy (non-hydrogen) atoms. The molecule has 4 nitrogen and oxygen atoms in total. The average Bonchev–Trinajstić information content (AvgIpc) is 3.20. The van der Waals surface area contributed by atoms with E-state index in [0.717, 1.165) is 29.1 Å². The second-order valence-corrected chi connectivity index (χ2v) is 5.79. The van der Waals surface area contributed by atoms with Gasteiger partial charge in [-0.3, -0.25) is 0 Å².